The minimum absolute atomic E-state index is 0.0226. The summed E-state index contributed by atoms with van der Waals surface area (Å²) < 4.78 is 33.2. The molecule has 3 aromatic carbocycles. The molecular weight excluding hydrogens is 532 g/mol. The van der Waals surface area contributed by atoms with Crippen molar-refractivity contribution < 1.29 is 33.0 Å². The first-order valence-electron chi connectivity index (χ1n) is 13.5. The molecular formula is C31H31F2N3O5. The minimum Gasteiger partial charge on any atom is -0.477 e. The Kier molecular flexibility index (Phi) is 8.03. The van der Waals surface area contributed by atoms with Crippen molar-refractivity contribution in [3.05, 3.63) is 95.6 Å². The second-order valence-corrected chi connectivity index (χ2v) is 10.5. The maximum atomic E-state index is 13.8. The molecule has 3 N–H and O–H groups in total. The molecule has 1 aliphatic heterocycles. The summed E-state index contributed by atoms with van der Waals surface area (Å²) in [5, 5.41) is 13.5. The molecule has 0 atom stereocenters. The van der Waals surface area contributed by atoms with Crippen molar-refractivity contribution in [3.8, 4) is 11.1 Å². The number of benzene rings is 3. The molecule has 5 rings (SSSR count). The predicted molar refractivity (Wildman–Crippen MR) is 147 cm³/mol. The molecule has 1 saturated heterocycles. The third-order valence-corrected chi connectivity index (χ3v) is 7.86. The molecule has 0 spiro atoms. The van der Waals surface area contributed by atoms with Crippen molar-refractivity contribution in [1.29, 1.82) is 0 Å². The van der Waals surface area contributed by atoms with Crippen molar-refractivity contribution in [2.45, 2.75) is 36.8 Å². The van der Waals surface area contributed by atoms with E-state index in [1.54, 1.807) is 0 Å². The van der Waals surface area contributed by atoms with Crippen molar-refractivity contribution in [1.82, 2.24) is 15.5 Å². The first kappa shape index (κ1) is 28.2. The molecule has 41 heavy (non-hydrogen) atoms. The number of halogens is 2. The standard InChI is InChI=1S/C31H31F2N3O5/c32-31(33,28(38)39)20-34-27(37)30(14-16-36(17-15-30)18-21-8-2-1-3-9-21)35-29(40)41-19-26-24-12-6-4-10-22(24)23-11-5-7-13-25(23)26/h1-13,26H,14-20H2,(H,34,37)(H,35,40)(H,38,39). The molecule has 2 aliphatic rings. The zero-order chi connectivity index (χ0) is 29.0. The van der Waals surface area contributed by atoms with Gasteiger partial charge in [-0.25, -0.2) is 9.59 Å². The van der Waals surface area contributed by atoms with E-state index in [0.717, 1.165) is 27.8 Å². The van der Waals surface area contributed by atoms with Crippen LogP contribution in [0, 0.1) is 0 Å². The Morgan fingerprint density at radius 1 is 0.902 bits per heavy atom. The Bertz CT molecular complexity index is 1380. The Morgan fingerprint density at radius 2 is 1.46 bits per heavy atom. The van der Waals surface area contributed by atoms with Gasteiger partial charge in [0.25, 0.3) is 0 Å². The van der Waals surface area contributed by atoms with Gasteiger partial charge in [0.1, 0.15) is 12.1 Å². The summed E-state index contributed by atoms with van der Waals surface area (Å²) in [5.41, 5.74) is 3.73. The number of ether oxygens (including phenoxy) is 1. The van der Waals surface area contributed by atoms with Crippen molar-refractivity contribution >= 4 is 18.0 Å². The molecule has 0 saturated carbocycles. The molecule has 1 fully saturated rings. The topological polar surface area (TPSA) is 108 Å². The van der Waals surface area contributed by atoms with Crippen LogP contribution in [0.15, 0.2) is 78.9 Å². The summed E-state index contributed by atoms with van der Waals surface area (Å²) >= 11 is 0. The molecule has 1 heterocycles. The third-order valence-electron chi connectivity index (χ3n) is 7.86. The number of aliphatic carboxylic acids is 1. The molecule has 10 heteroatoms. The normalized spacial score (nSPS) is 16.3. The molecule has 2 amide bonds. The highest BCUT2D eigenvalue weighted by Gasteiger charge is 2.46. The number of carboxylic acids is 1. The summed E-state index contributed by atoms with van der Waals surface area (Å²) in [6, 6.07) is 25.5. The smallest absolute Gasteiger partial charge is 0.408 e. The predicted octanol–water partition coefficient (Wildman–Crippen LogP) is 4.40. The molecule has 0 aromatic heterocycles. The van der Waals surface area contributed by atoms with E-state index in [2.05, 4.69) is 10.2 Å². The van der Waals surface area contributed by atoms with Gasteiger partial charge in [0, 0.05) is 25.6 Å². The molecule has 214 valence electrons. The average molecular weight is 564 g/mol. The fourth-order valence-corrected chi connectivity index (χ4v) is 5.61. The summed E-state index contributed by atoms with van der Waals surface area (Å²) in [4.78, 5) is 39.3. The van der Waals surface area contributed by atoms with Gasteiger partial charge >= 0.3 is 18.0 Å². The number of amides is 2. The van der Waals surface area contributed by atoms with Crippen LogP contribution in [0.3, 0.4) is 0 Å². The second kappa shape index (κ2) is 11.7. The van der Waals surface area contributed by atoms with E-state index in [4.69, 9.17) is 9.84 Å². The van der Waals surface area contributed by atoms with Crippen molar-refractivity contribution in [2.75, 3.05) is 26.2 Å². The maximum absolute atomic E-state index is 13.8. The number of alkyl halides is 2. The molecule has 0 unspecified atom stereocenters. The monoisotopic (exact) mass is 563 g/mol. The fraction of sp³-hybridized carbons (Fsp3) is 0.323. The Hall–Kier alpha value is -4.31. The maximum Gasteiger partial charge on any atom is 0.408 e. The van der Waals surface area contributed by atoms with Gasteiger partial charge in [0.05, 0.1) is 6.54 Å². The van der Waals surface area contributed by atoms with Gasteiger partial charge < -0.3 is 20.5 Å². The second-order valence-electron chi connectivity index (χ2n) is 10.5. The number of hydrogen-bond donors (Lipinski definition) is 3. The van der Waals surface area contributed by atoms with Crippen LogP contribution < -0.4 is 10.6 Å². The van der Waals surface area contributed by atoms with Crippen LogP contribution in [-0.4, -0.2) is 65.7 Å². The minimum atomic E-state index is -4.14. The van der Waals surface area contributed by atoms with Crippen LogP contribution in [0.2, 0.25) is 0 Å². The van der Waals surface area contributed by atoms with E-state index >= 15 is 0 Å². The van der Waals surface area contributed by atoms with Gasteiger partial charge in [-0.05, 0) is 40.7 Å². The highest BCUT2D eigenvalue weighted by Crippen LogP contribution is 2.44. The zero-order valence-corrected chi connectivity index (χ0v) is 22.3. The van der Waals surface area contributed by atoms with Crippen molar-refractivity contribution in [3.63, 3.8) is 0 Å². The van der Waals surface area contributed by atoms with E-state index in [1.165, 1.54) is 0 Å². The number of nitrogens with zero attached hydrogens (tertiary/aromatic N) is 1. The highest BCUT2D eigenvalue weighted by molar-refractivity contribution is 5.91. The van der Waals surface area contributed by atoms with Crippen LogP contribution in [0.1, 0.15) is 35.4 Å². The summed E-state index contributed by atoms with van der Waals surface area (Å²) in [6.45, 7) is 0.0704. The molecule has 0 radical (unpaired) electrons. The quantitative estimate of drug-likeness (QED) is 0.356. The van der Waals surface area contributed by atoms with Gasteiger partial charge in [-0.2, -0.15) is 8.78 Å². The van der Waals surface area contributed by atoms with Crippen LogP contribution in [0.5, 0.6) is 0 Å². The molecule has 3 aromatic rings. The van der Waals surface area contributed by atoms with E-state index in [9.17, 15) is 23.2 Å². The van der Waals surface area contributed by atoms with E-state index in [-0.39, 0.29) is 25.4 Å². The number of alkyl carbamates (subject to hydrolysis) is 1. The van der Waals surface area contributed by atoms with Gasteiger partial charge in [0.15, 0.2) is 0 Å². The SMILES string of the molecule is O=C(NC1(C(=O)NCC(F)(F)C(=O)O)CCN(Cc2ccccc2)CC1)OCC1c2ccccc2-c2ccccc21. The lowest BCUT2D eigenvalue weighted by Crippen LogP contribution is -2.64. The van der Waals surface area contributed by atoms with Crippen molar-refractivity contribution in [2.24, 2.45) is 0 Å². The molecule has 0 bridgehead atoms. The Balaban J connectivity index is 1.28. The lowest BCUT2D eigenvalue weighted by Gasteiger charge is -2.41. The van der Waals surface area contributed by atoms with Gasteiger partial charge in [-0.3, -0.25) is 9.69 Å². The van der Waals surface area contributed by atoms with Gasteiger partial charge in [0.2, 0.25) is 5.91 Å². The number of fused-ring (bicyclic) bond motifs is 3. The number of rotatable bonds is 9. The number of carboxylic acid groups (broad SMARTS) is 1. The largest absolute Gasteiger partial charge is 0.477 e. The number of hydrogen-bond acceptors (Lipinski definition) is 5. The molecule has 1 aliphatic carbocycles. The van der Waals surface area contributed by atoms with Crippen LogP contribution in [0.4, 0.5) is 13.6 Å². The molecule has 8 nitrogen and oxygen atoms in total. The van der Waals surface area contributed by atoms with Crippen LogP contribution >= 0.6 is 0 Å². The highest BCUT2D eigenvalue weighted by atomic mass is 19.3. The van der Waals surface area contributed by atoms with Crippen LogP contribution in [0.25, 0.3) is 11.1 Å². The first-order chi connectivity index (χ1) is 19.7. The average Bonchev–Trinajstić information content (AvgIpc) is 3.30. The van der Waals surface area contributed by atoms with Crippen LogP contribution in [-0.2, 0) is 20.9 Å². The number of nitrogens with one attached hydrogen (secondary N) is 2. The zero-order valence-electron chi connectivity index (χ0n) is 22.3. The Morgan fingerprint density at radius 3 is 2.05 bits per heavy atom. The summed E-state index contributed by atoms with van der Waals surface area (Å²) in [6.07, 6.45) is -0.577. The number of piperidine rings is 1. The van der Waals surface area contributed by atoms with E-state index < -0.39 is 36.0 Å². The lowest BCUT2D eigenvalue weighted by molar-refractivity contribution is -0.164. The van der Waals surface area contributed by atoms with Gasteiger partial charge in [-0.15, -0.1) is 0 Å². The van der Waals surface area contributed by atoms with E-state index in [0.29, 0.717) is 19.6 Å². The van der Waals surface area contributed by atoms with Gasteiger partial charge in [-0.1, -0.05) is 78.9 Å². The lowest BCUT2D eigenvalue weighted by atomic mass is 9.86. The fourth-order valence-electron chi connectivity index (χ4n) is 5.61. The Labute approximate surface area is 236 Å². The van der Waals surface area contributed by atoms with E-state index in [1.807, 2.05) is 84.2 Å². The third kappa shape index (κ3) is 6.07. The summed E-state index contributed by atoms with van der Waals surface area (Å²) in [5.74, 6) is -7.55. The first-order valence-corrected chi connectivity index (χ1v) is 13.5. The number of carbonyl (C=O) groups is 3. The summed E-state index contributed by atoms with van der Waals surface area (Å²) in [7, 11) is 0. The number of likely N-dealkylation sites (tertiary alicyclic amines) is 1. The number of carbonyl (C=O) groups excluding carboxylic acids is 2.